The number of hydrogen-bond acceptors (Lipinski definition) is 5. The van der Waals surface area contributed by atoms with Crippen LogP contribution in [0.15, 0.2) is 0 Å². The maximum Gasteiger partial charge on any atom is 0.452 e. The third-order valence-electron chi connectivity index (χ3n) is 2.48. The van der Waals surface area contributed by atoms with Crippen molar-refractivity contribution in [1.82, 2.24) is 9.36 Å². The Labute approximate surface area is 100 Å². The topological polar surface area (TPSA) is 47.0 Å². The number of aromatic nitrogens is 2. The van der Waals surface area contributed by atoms with Crippen molar-refractivity contribution >= 4 is 16.7 Å². The predicted octanol–water partition coefficient (Wildman–Crippen LogP) is 2.40. The van der Waals surface area contributed by atoms with Crippen LogP contribution in [0.1, 0.15) is 18.7 Å². The van der Waals surface area contributed by atoms with E-state index >= 15 is 0 Å². The fraction of sp³-hybridized carbons (Fsp3) is 0.778. The summed E-state index contributed by atoms with van der Waals surface area (Å²) in [6.45, 7) is 2.00. The number of anilines is 1. The summed E-state index contributed by atoms with van der Waals surface area (Å²) >= 11 is 0.732. The van der Waals surface area contributed by atoms with Crippen molar-refractivity contribution in [3.63, 3.8) is 0 Å². The molecule has 1 fully saturated rings. The lowest BCUT2D eigenvalue weighted by molar-refractivity contribution is -0.144. The van der Waals surface area contributed by atoms with Crippen molar-refractivity contribution in [3.05, 3.63) is 5.82 Å². The first-order chi connectivity index (χ1) is 8.05. The molecule has 0 aliphatic carbocycles. The Balaban J connectivity index is 1.84. The number of nitrogens with zero attached hydrogens (tertiary/aromatic N) is 2. The van der Waals surface area contributed by atoms with Gasteiger partial charge in [0, 0.05) is 24.7 Å². The summed E-state index contributed by atoms with van der Waals surface area (Å²) in [5.74, 6) is -0.744. The Kier molecular flexibility index (Phi) is 3.82. The van der Waals surface area contributed by atoms with Gasteiger partial charge in [-0.15, -0.1) is 0 Å². The van der Waals surface area contributed by atoms with Crippen LogP contribution in [0.5, 0.6) is 0 Å². The summed E-state index contributed by atoms with van der Waals surface area (Å²) in [7, 11) is 0. The van der Waals surface area contributed by atoms with E-state index in [-0.39, 0.29) is 5.13 Å². The number of rotatable bonds is 3. The standard InChI is InChI=1S/C9H12F3N3OS/c10-9(11,12)7-14-8(17-15-7)13-4-6-2-1-3-16-5-6/h6H,1-5H2,(H,13,14,15). The molecule has 0 aromatic carbocycles. The minimum Gasteiger partial charge on any atom is -0.381 e. The zero-order valence-corrected chi connectivity index (χ0v) is 9.77. The fourth-order valence-electron chi connectivity index (χ4n) is 1.61. The van der Waals surface area contributed by atoms with Gasteiger partial charge in [-0.2, -0.15) is 22.5 Å². The van der Waals surface area contributed by atoms with Crippen LogP contribution in [0.25, 0.3) is 0 Å². The van der Waals surface area contributed by atoms with Crippen LogP contribution >= 0.6 is 11.5 Å². The minimum absolute atomic E-state index is 0.211. The molecular weight excluding hydrogens is 255 g/mol. The Hall–Kier alpha value is -0.890. The van der Waals surface area contributed by atoms with Crippen molar-refractivity contribution in [1.29, 1.82) is 0 Å². The highest BCUT2D eigenvalue weighted by Gasteiger charge is 2.36. The third-order valence-corrected chi connectivity index (χ3v) is 3.15. The molecule has 8 heteroatoms. The van der Waals surface area contributed by atoms with Crippen LogP contribution in [0, 0.1) is 5.92 Å². The molecule has 96 valence electrons. The molecule has 0 amide bonds. The highest BCUT2D eigenvalue weighted by Crippen LogP contribution is 2.29. The average molecular weight is 267 g/mol. The molecule has 2 rings (SSSR count). The van der Waals surface area contributed by atoms with E-state index in [1.54, 1.807) is 0 Å². The monoisotopic (exact) mass is 267 g/mol. The molecule has 0 bridgehead atoms. The highest BCUT2D eigenvalue weighted by molar-refractivity contribution is 7.09. The van der Waals surface area contributed by atoms with Gasteiger partial charge < -0.3 is 10.1 Å². The molecule has 1 atom stereocenters. The van der Waals surface area contributed by atoms with Gasteiger partial charge >= 0.3 is 6.18 Å². The zero-order valence-electron chi connectivity index (χ0n) is 8.96. The first-order valence-corrected chi connectivity index (χ1v) is 6.05. The lowest BCUT2D eigenvalue weighted by Crippen LogP contribution is -2.24. The SMILES string of the molecule is FC(F)(F)c1nsc(NCC2CCCOC2)n1. The summed E-state index contributed by atoms with van der Waals surface area (Å²) in [5.41, 5.74) is 0. The largest absolute Gasteiger partial charge is 0.452 e. The third kappa shape index (κ3) is 3.53. The number of nitrogens with one attached hydrogen (secondary N) is 1. The molecule has 1 aromatic heterocycles. The lowest BCUT2D eigenvalue weighted by atomic mass is 10.0. The van der Waals surface area contributed by atoms with Gasteiger partial charge in [0.1, 0.15) is 0 Å². The van der Waals surface area contributed by atoms with Gasteiger partial charge in [0.2, 0.25) is 11.0 Å². The van der Waals surface area contributed by atoms with E-state index in [1.165, 1.54) is 0 Å². The van der Waals surface area contributed by atoms with E-state index in [4.69, 9.17) is 4.74 Å². The van der Waals surface area contributed by atoms with Crippen molar-refractivity contribution in [2.75, 3.05) is 25.1 Å². The van der Waals surface area contributed by atoms with Crippen LogP contribution in [0.2, 0.25) is 0 Å². The minimum atomic E-state index is -4.47. The van der Waals surface area contributed by atoms with Crippen LogP contribution < -0.4 is 5.32 Å². The maximum absolute atomic E-state index is 12.2. The van der Waals surface area contributed by atoms with Crippen LogP contribution in [0.3, 0.4) is 0 Å². The molecule has 1 aromatic rings. The molecule has 0 saturated carbocycles. The first-order valence-electron chi connectivity index (χ1n) is 5.28. The maximum atomic E-state index is 12.2. The zero-order chi connectivity index (χ0) is 12.3. The van der Waals surface area contributed by atoms with Crippen LogP contribution in [-0.4, -0.2) is 29.1 Å². The van der Waals surface area contributed by atoms with E-state index in [0.717, 1.165) is 31.0 Å². The smallest absolute Gasteiger partial charge is 0.381 e. The molecule has 1 saturated heterocycles. The molecule has 1 aliphatic heterocycles. The highest BCUT2D eigenvalue weighted by atomic mass is 32.1. The molecule has 17 heavy (non-hydrogen) atoms. The number of alkyl halides is 3. The number of halogens is 3. The predicted molar refractivity (Wildman–Crippen MR) is 56.9 cm³/mol. The van der Waals surface area contributed by atoms with Gasteiger partial charge in [-0.25, -0.2) is 0 Å². The van der Waals surface area contributed by atoms with E-state index < -0.39 is 12.0 Å². The summed E-state index contributed by atoms with van der Waals surface area (Å²) < 4.78 is 45.2. The summed E-state index contributed by atoms with van der Waals surface area (Å²) in [6, 6.07) is 0. The van der Waals surface area contributed by atoms with E-state index in [0.29, 0.717) is 19.1 Å². The van der Waals surface area contributed by atoms with Gasteiger partial charge in [-0.05, 0) is 18.8 Å². The van der Waals surface area contributed by atoms with Gasteiger partial charge in [0.15, 0.2) is 0 Å². The molecule has 0 radical (unpaired) electrons. The number of ether oxygens (including phenoxy) is 1. The summed E-state index contributed by atoms with van der Waals surface area (Å²) in [6.07, 6.45) is -2.45. The van der Waals surface area contributed by atoms with Gasteiger partial charge in [0.25, 0.3) is 0 Å². The fourth-order valence-corrected chi connectivity index (χ4v) is 2.20. The van der Waals surface area contributed by atoms with Crippen LogP contribution in [0.4, 0.5) is 18.3 Å². The Bertz CT molecular complexity index is 363. The molecule has 1 N–H and O–H groups in total. The molecule has 1 unspecified atom stereocenters. The Morgan fingerprint density at radius 2 is 2.29 bits per heavy atom. The summed E-state index contributed by atoms with van der Waals surface area (Å²) in [5, 5.41) is 3.08. The Morgan fingerprint density at radius 1 is 1.47 bits per heavy atom. The molecular formula is C9H12F3N3OS. The van der Waals surface area contributed by atoms with Crippen molar-refractivity contribution in [3.8, 4) is 0 Å². The second-order valence-corrected chi connectivity index (χ2v) is 4.64. The molecule has 4 nitrogen and oxygen atoms in total. The van der Waals surface area contributed by atoms with Crippen molar-refractivity contribution < 1.29 is 17.9 Å². The van der Waals surface area contributed by atoms with Crippen molar-refractivity contribution in [2.45, 2.75) is 19.0 Å². The van der Waals surface area contributed by atoms with Gasteiger partial charge in [-0.1, -0.05) is 0 Å². The second-order valence-electron chi connectivity index (χ2n) is 3.88. The van der Waals surface area contributed by atoms with E-state index in [1.807, 2.05) is 0 Å². The van der Waals surface area contributed by atoms with E-state index in [9.17, 15) is 13.2 Å². The normalized spacial score (nSPS) is 21.5. The molecule has 0 spiro atoms. The second kappa shape index (κ2) is 5.18. The van der Waals surface area contributed by atoms with E-state index in [2.05, 4.69) is 14.7 Å². The van der Waals surface area contributed by atoms with Gasteiger partial charge in [0.05, 0.1) is 6.61 Å². The quantitative estimate of drug-likeness (QED) is 0.913. The molecule has 1 aliphatic rings. The van der Waals surface area contributed by atoms with Crippen molar-refractivity contribution in [2.24, 2.45) is 5.92 Å². The lowest BCUT2D eigenvalue weighted by Gasteiger charge is -2.21. The van der Waals surface area contributed by atoms with Gasteiger partial charge in [-0.3, -0.25) is 0 Å². The Morgan fingerprint density at radius 3 is 2.88 bits per heavy atom. The molecule has 2 heterocycles. The first kappa shape index (κ1) is 12.6. The van der Waals surface area contributed by atoms with Crippen LogP contribution in [-0.2, 0) is 10.9 Å². The number of hydrogen-bond donors (Lipinski definition) is 1. The average Bonchev–Trinajstić information content (AvgIpc) is 2.76. The summed E-state index contributed by atoms with van der Waals surface area (Å²) in [4.78, 5) is 3.40.